The van der Waals surface area contributed by atoms with E-state index >= 15 is 0 Å². The van der Waals surface area contributed by atoms with E-state index in [-0.39, 0.29) is 18.1 Å². The second-order valence-electron chi connectivity index (χ2n) is 3.87. The molecule has 0 aromatic carbocycles. The number of carbonyl (C=O) groups is 1. The summed E-state index contributed by atoms with van der Waals surface area (Å²) in [5.74, 6) is 1.76. The third-order valence-electron chi connectivity index (χ3n) is 2.58. The van der Waals surface area contributed by atoms with E-state index in [9.17, 15) is 4.79 Å². The summed E-state index contributed by atoms with van der Waals surface area (Å²) in [6.45, 7) is 4.03. The smallest absolute Gasteiger partial charge is 0.275 e. The van der Waals surface area contributed by atoms with Crippen molar-refractivity contribution >= 4 is 62.6 Å². The molecule has 0 unspecified atom stereocenters. The Kier molecular flexibility index (Phi) is 3.78. The van der Waals surface area contributed by atoms with Gasteiger partial charge in [0.1, 0.15) is 8.64 Å². The van der Waals surface area contributed by atoms with Gasteiger partial charge in [0.15, 0.2) is 0 Å². The molecule has 2 rings (SSSR count). The van der Waals surface area contributed by atoms with Crippen LogP contribution >= 0.6 is 48.0 Å². The van der Waals surface area contributed by atoms with Crippen LogP contribution in [0.3, 0.4) is 0 Å². The summed E-state index contributed by atoms with van der Waals surface area (Å²) in [6.07, 6.45) is 0. The lowest BCUT2D eigenvalue weighted by Gasteiger charge is -2.28. The van der Waals surface area contributed by atoms with E-state index in [0.717, 1.165) is 11.5 Å². The number of carbonyl (C=O) groups excluding carboxylic acids is 1. The van der Waals surface area contributed by atoms with E-state index in [1.54, 1.807) is 33.3 Å². The molecule has 16 heavy (non-hydrogen) atoms. The molecule has 0 aromatic rings. The summed E-state index contributed by atoms with van der Waals surface area (Å²) in [7, 11) is 0. The third kappa shape index (κ3) is 2.10. The second kappa shape index (κ2) is 4.80. The molecule has 0 spiro atoms. The van der Waals surface area contributed by atoms with E-state index in [2.05, 4.69) is 0 Å². The number of thioether (sulfide) groups is 2. The fraction of sp³-hybridized carbons (Fsp3) is 0.667. The first kappa shape index (κ1) is 12.6. The molecule has 2 atom stereocenters. The van der Waals surface area contributed by atoms with Crippen LogP contribution in [0.15, 0.2) is 0 Å². The van der Waals surface area contributed by atoms with E-state index in [0.29, 0.717) is 8.64 Å². The predicted octanol–water partition coefficient (Wildman–Crippen LogP) is 2.55. The minimum absolute atomic E-state index is 0.0509. The van der Waals surface area contributed by atoms with Gasteiger partial charge in [-0.15, -0.1) is 0 Å². The summed E-state index contributed by atoms with van der Waals surface area (Å²) >= 11 is 13.5. The van der Waals surface area contributed by atoms with Gasteiger partial charge < -0.3 is 0 Å². The van der Waals surface area contributed by atoms with Gasteiger partial charge in [0.2, 0.25) is 0 Å². The fourth-order valence-corrected chi connectivity index (χ4v) is 4.47. The van der Waals surface area contributed by atoms with Crippen LogP contribution in [0, 0.1) is 0 Å². The number of rotatable bonds is 0. The van der Waals surface area contributed by atoms with Crippen LogP contribution in [0.1, 0.15) is 13.8 Å². The quantitative estimate of drug-likeness (QED) is 0.639. The van der Waals surface area contributed by atoms with Gasteiger partial charge in [-0.1, -0.05) is 48.0 Å². The molecule has 2 amide bonds. The molecule has 0 radical (unpaired) electrons. The highest BCUT2D eigenvalue weighted by Crippen LogP contribution is 2.30. The van der Waals surface area contributed by atoms with Crippen LogP contribution in [0.5, 0.6) is 0 Å². The van der Waals surface area contributed by atoms with E-state index in [4.69, 9.17) is 24.4 Å². The van der Waals surface area contributed by atoms with E-state index in [1.165, 1.54) is 0 Å². The van der Waals surface area contributed by atoms with E-state index < -0.39 is 0 Å². The fourth-order valence-electron chi connectivity index (χ4n) is 1.68. The molecule has 3 nitrogen and oxygen atoms in total. The first-order valence-electron chi connectivity index (χ1n) is 4.98. The highest BCUT2D eigenvalue weighted by molar-refractivity contribution is 8.23. The molecule has 2 aliphatic rings. The topological polar surface area (TPSA) is 23.6 Å². The van der Waals surface area contributed by atoms with Crippen molar-refractivity contribution in [2.75, 3.05) is 11.5 Å². The molecule has 2 saturated heterocycles. The van der Waals surface area contributed by atoms with Gasteiger partial charge in [-0.2, -0.15) is 0 Å². The maximum atomic E-state index is 12.3. The first-order chi connectivity index (χ1) is 7.52. The van der Waals surface area contributed by atoms with Crippen molar-refractivity contribution in [1.29, 1.82) is 0 Å². The van der Waals surface area contributed by atoms with Crippen molar-refractivity contribution in [1.82, 2.24) is 9.80 Å². The zero-order chi connectivity index (χ0) is 11.9. The summed E-state index contributed by atoms with van der Waals surface area (Å²) in [4.78, 5) is 15.7. The number of thiocarbonyl (C=S) groups is 2. The lowest BCUT2D eigenvalue weighted by atomic mass is 10.3. The highest BCUT2D eigenvalue weighted by atomic mass is 32.2. The van der Waals surface area contributed by atoms with Gasteiger partial charge in [-0.3, -0.25) is 9.80 Å². The van der Waals surface area contributed by atoms with Gasteiger partial charge in [-0.05, 0) is 13.8 Å². The maximum absolute atomic E-state index is 12.3. The second-order valence-corrected chi connectivity index (χ2v) is 7.18. The molecule has 2 aliphatic heterocycles. The predicted molar refractivity (Wildman–Crippen MR) is 78.1 cm³/mol. The monoisotopic (exact) mass is 292 g/mol. The Labute approximate surface area is 114 Å². The Bertz CT molecular complexity index is 327. The van der Waals surface area contributed by atoms with Crippen LogP contribution in [-0.4, -0.2) is 48.1 Å². The van der Waals surface area contributed by atoms with Crippen LogP contribution in [0.2, 0.25) is 0 Å². The Balaban J connectivity index is 2.18. The van der Waals surface area contributed by atoms with E-state index in [1.807, 2.05) is 13.8 Å². The molecule has 0 aromatic heterocycles. The molecule has 88 valence electrons. The average molecular weight is 292 g/mol. The molecule has 0 aliphatic carbocycles. The van der Waals surface area contributed by atoms with Crippen LogP contribution in [0.4, 0.5) is 4.79 Å². The van der Waals surface area contributed by atoms with Gasteiger partial charge in [0.05, 0.1) is 0 Å². The first-order valence-corrected chi connectivity index (χ1v) is 7.77. The summed E-state index contributed by atoms with van der Waals surface area (Å²) in [6, 6.07) is 0.293. The summed E-state index contributed by atoms with van der Waals surface area (Å²) in [5.41, 5.74) is 0. The van der Waals surface area contributed by atoms with Crippen molar-refractivity contribution in [3.8, 4) is 0 Å². The Morgan fingerprint density at radius 1 is 1.12 bits per heavy atom. The zero-order valence-corrected chi connectivity index (χ0v) is 12.3. The highest BCUT2D eigenvalue weighted by Gasteiger charge is 2.39. The van der Waals surface area contributed by atoms with Gasteiger partial charge >= 0.3 is 6.03 Å². The van der Waals surface area contributed by atoms with Crippen molar-refractivity contribution in [2.24, 2.45) is 0 Å². The Morgan fingerprint density at radius 3 is 1.75 bits per heavy atom. The van der Waals surface area contributed by atoms with Gasteiger partial charge in [0.25, 0.3) is 0 Å². The molecular weight excluding hydrogens is 280 g/mol. The normalized spacial score (nSPS) is 30.4. The summed E-state index contributed by atoms with van der Waals surface area (Å²) < 4.78 is 1.34. The molecule has 0 N–H and O–H groups in total. The molecule has 7 heteroatoms. The lowest BCUT2D eigenvalue weighted by molar-refractivity contribution is 0.189. The van der Waals surface area contributed by atoms with Crippen molar-refractivity contribution < 1.29 is 4.79 Å². The SMILES string of the molecule is C[C@@H]1CSC(=S)N1C(=O)N1C(=S)SC[C@@H]1C. The van der Waals surface area contributed by atoms with Crippen LogP contribution < -0.4 is 0 Å². The standard InChI is InChI=1S/C9H12N2OS4/c1-5-3-15-8(13)10(5)7(12)11-6(2)4-16-9(11)14/h5-6H,3-4H2,1-2H3/t5-,6+. The van der Waals surface area contributed by atoms with Crippen molar-refractivity contribution in [3.05, 3.63) is 0 Å². The Hall–Kier alpha value is 0.150. The lowest BCUT2D eigenvalue weighted by Crippen LogP contribution is -2.49. The zero-order valence-electron chi connectivity index (χ0n) is 9.00. The third-order valence-corrected chi connectivity index (χ3v) is 5.87. The maximum Gasteiger partial charge on any atom is 0.331 e. The number of nitrogens with zero attached hydrogens (tertiary/aromatic N) is 2. The molecule has 2 heterocycles. The minimum Gasteiger partial charge on any atom is -0.275 e. The van der Waals surface area contributed by atoms with Crippen LogP contribution in [0.25, 0.3) is 0 Å². The molecule has 0 bridgehead atoms. The van der Waals surface area contributed by atoms with Gasteiger partial charge in [0, 0.05) is 23.6 Å². The number of hydrogen-bond donors (Lipinski definition) is 0. The molecule has 0 saturated carbocycles. The largest absolute Gasteiger partial charge is 0.331 e. The molecule has 2 fully saturated rings. The van der Waals surface area contributed by atoms with Crippen molar-refractivity contribution in [3.63, 3.8) is 0 Å². The van der Waals surface area contributed by atoms with Crippen LogP contribution in [-0.2, 0) is 0 Å². The number of hydrogen-bond acceptors (Lipinski definition) is 5. The van der Waals surface area contributed by atoms with Gasteiger partial charge in [-0.25, -0.2) is 4.79 Å². The minimum atomic E-state index is -0.0509. The Morgan fingerprint density at radius 2 is 1.50 bits per heavy atom. The average Bonchev–Trinajstić information content (AvgIpc) is 2.71. The van der Waals surface area contributed by atoms with Crippen molar-refractivity contribution in [2.45, 2.75) is 25.9 Å². The number of amides is 2. The summed E-state index contributed by atoms with van der Waals surface area (Å²) in [5, 5.41) is 0. The molecular formula is C9H12N2OS4. The number of urea groups is 1.